The van der Waals surface area contributed by atoms with E-state index in [0.29, 0.717) is 13.0 Å². The molecule has 2 rings (SSSR count). The van der Waals surface area contributed by atoms with E-state index in [4.69, 9.17) is 9.47 Å². The van der Waals surface area contributed by atoms with Gasteiger partial charge < -0.3 is 24.4 Å². The highest BCUT2D eigenvalue weighted by Gasteiger charge is 2.45. The van der Waals surface area contributed by atoms with Gasteiger partial charge in [-0.1, -0.05) is 70.6 Å². The van der Waals surface area contributed by atoms with E-state index in [-0.39, 0.29) is 12.6 Å². The largest absolute Gasteiger partial charge is 0.469 e. The van der Waals surface area contributed by atoms with Gasteiger partial charge in [0.1, 0.15) is 18.3 Å². The van der Waals surface area contributed by atoms with Gasteiger partial charge in [0, 0.05) is 25.3 Å². The van der Waals surface area contributed by atoms with Crippen molar-refractivity contribution in [1.29, 1.82) is 0 Å². The summed E-state index contributed by atoms with van der Waals surface area (Å²) in [6, 6.07) is 1.18. The van der Waals surface area contributed by atoms with Crippen molar-refractivity contribution in [2.45, 2.75) is 114 Å². The molecule has 1 fully saturated rings. The molecular weight excluding hydrogens is 468 g/mol. The topological polar surface area (TPSA) is 140 Å². The van der Waals surface area contributed by atoms with Crippen molar-refractivity contribution in [1.82, 2.24) is 9.55 Å². The van der Waals surface area contributed by atoms with Crippen LogP contribution >= 0.6 is 0 Å². The number of carbonyl (C=O) groups excluding carboxylic acids is 1. The number of methoxy groups -OCH3 is 1. The molecule has 10 heteroatoms. The third kappa shape index (κ3) is 10.5. The summed E-state index contributed by atoms with van der Waals surface area (Å²) in [7, 11) is 1.43. The van der Waals surface area contributed by atoms with Gasteiger partial charge in [0.2, 0.25) is 0 Å². The Morgan fingerprint density at radius 3 is 2.06 bits per heavy atom. The van der Waals surface area contributed by atoms with Crippen LogP contribution in [0, 0.1) is 0 Å². The van der Waals surface area contributed by atoms with Gasteiger partial charge in [0.15, 0.2) is 6.23 Å². The zero-order chi connectivity index (χ0) is 26.2. The molecule has 0 bridgehead atoms. The van der Waals surface area contributed by atoms with Gasteiger partial charge in [-0.25, -0.2) is 4.79 Å². The van der Waals surface area contributed by atoms with E-state index >= 15 is 0 Å². The fraction of sp³-hybridized carbons (Fsp3) is 0.808. The minimum atomic E-state index is -1.13. The average Bonchev–Trinajstić information content (AvgIpc) is 3.18. The number of H-pyrrole nitrogens is 1. The quantitative estimate of drug-likeness (QED) is 0.190. The zero-order valence-electron chi connectivity index (χ0n) is 21.6. The molecular formula is C26H44N2O8. The second-order valence-electron chi connectivity index (χ2n) is 9.51. The van der Waals surface area contributed by atoms with E-state index in [0.717, 1.165) is 36.7 Å². The molecule has 0 radical (unpaired) electrons. The molecule has 1 aromatic heterocycles. The van der Waals surface area contributed by atoms with E-state index in [9.17, 15) is 24.6 Å². The lowest BCUT2D eigenvalue weighted by Gasteiger charge is -2.20. The number of aromatic nitrogens is 2. The number of aromatic amines is 1. The normalized spacial score (nSPS) is 21.6. The molecule has 0 amide bonds. The highest BCUT2D eigenvalue weighted by atomic mass is 16.6. The maximum Gasteiger partial charge on any atom is 0.330 e. The first-order valence-electron chi connectivity index (χ1n) is 13.4. The number of carbonyl (C=O) groups is 1. The monoisotopic (exact) mass is 512 g/mol. The van der Waals surface area contributed by atoms with Crippen LogP contribution in [0.15, 0.2) is 21.9 Å². The van der Waals surface area contributed by atoms with E-state index in [1.807, 2.05) is 0 Å². The summed E-state index contributed by atoms with van der Waals surface area (Å²) in [6.45, 7) is 0.0974. The van der Waals surface area contributed by atoms with Crippen LogP contribution in [0.5, 0.6) is 0 Å². The fourth-order valence-electron chi connectivity index (χ4n) is 4.57. The van der Waals surface area contributed by atoms with Crippen LogP contribution in [0.3, 0.4) is 0 Å². The van der Waals surface area contributed by atoms with E-state index in [1.54, 1.807) is 0 Å². The number of nitrogens with one attached hydrogen (secondary N) is 1. The van der Waals surface area contributed by atoms with E-state index in [1.165, 1.54) is 70.7 Å². The molecule has 1 aliphatic rings. The van der Waals surface area contributed by atoms with Crippen LogP contribution in [0.4, 0.5) is 0 Å². The van der Waals surface area contributed by atoms with Crippen molar-refractivity contribution in [3.63, 3.8) is 0 Å². The number of ether oxygens (including phenoxy) is 3. The molecule has 1 aromatic rings. The molecule has 4 atom stereocenters. The van der Waals surface area contributed by atoms with Gasteiger partial charge in [0.25, 0.3) is 5.56 Å². The third-order valence-electron chi connectivity index (χ3n) is 6.68. The highest BCUT2D eigenvalue weighted by molar-refractivity contribution is 5.68. The van der Waals surface area contributed by atoms with Crippen molar-refractivity contribution >= 4 is 5.97 Å². The Labute approximate surface area is 213 Å². The van der Waals surface area contributed by atoms with Gasteiger partial charge in [-0.3, -0.25) is 19.1 Å². The van der Waals surface area contributed by atoms with Crippen molar-refractivity contribution in [3.8, 4) is 0 Å². The number of rotatable bonds is 19. The molecule has 0 saturated carbocycles. The number of nitrogens with zero attached hydrogens (tertiary/aromatic N) is 1. The summed E-state index contributed by atoms with van der Waals surface area (Å²) >= 11 is 0. The molecule has 1 saturated heterocycles. The zero-order valence-corrected chi connectivity index (χ0v) is 21.6. The molecule has 0 aromatic carbocycles. The Morgan fingerprint density at radius 2 is 1.53 bits per heavy atom. The Morgan fingerprint density at radius 1 is 0.972 bits per heavy atom. The minimum absolute atomic E-state index is 0.114. The van der Waals surface area contributed by atoms with Gasteiger partial charge in [-0.05, 0) is 12.8 Å². The van der Waals surface area contributed by atoms with Crippen LogP contribution in [-0.4, -0.2) is 64.4 Å². The first-order chi connectivity index (χ1) is 17.5. The van der Waals surface area contributed by atoms with Crippen molar-refractivity contribution in [2.75, 3.05) is 20.3 Å². The molecule has 0 spiro atoms. The Kier molecular flexibility index (Phi) is 14.6. The first-order valence-corrected chi connectivity index (χ1v) is 13.4. The molecule has 36 heavy (non-hydrogen) atoms. The fourth-order valence-corrected chi connectivity index (χ4v) is 4.57. The predicted molar refractivity (Wildman–Crippen MR) is 135 cm³/mol. The summed E-state index contributed by atoms with van der Waals surface area (Å²) in [6.07, 6.45) is 13.1. The standard InChI is InChI=1S/C26H44N2O8/c1-34-22(31)15-13-11-9-7-5-3-2-4-6-8-10-12-14-18-35-24-20(19-29)36-25(23(24)32)28-17-16-21(30)27-26(28)33/h16-17,20,23-25,29,32H,2-15,18-19H2,1H3,(H,27,30,33). The maximum absolute atomic E-state index is 12.0. The lowest BCUT2D eigenvalue weighted by molar-refractivity contribution is -0.140. The van der Waals surface area contributed by atoms with Crippen LogP contribution in [0.25, 0.3) is 0 Å². The molecule has 4 unspecified atom stereocenters. The Balaban J connectivity index is 1.47. The van der Waals surface area contributed by atoms with Crippen LogP contribution in [0.2, 0.25) is 0 Å². The first kappa shape index (κ1) is 30.2. The summed E-state index contributed by atoms with van der Waals surface area (Å²) in [5.74, 6) is -0.114. The minimum Gasteiger partial charge on any atom is -0.469 e. The summed E-state index contributed by atoms with van der Waals surface area (Å²) in [4.78, 5) is 36.5. The summed E-state index contributed by atoms with van der Waals surface area (Å²) < 4.78 is 17.2. The number of hydrogen-bond acceptors (Lipinski definition) is 8. The smallest absolute Gasteiger partial charge is 0.330 e. The predicted octanol–water partition coefficient (Wildman–Crippen LogP) is 2.81. The number of hydrogen-bond donors (Lipinski definition) is 3. The lowest BCUT2D eigenvalue weighted by atomic mass is 10.0. The maximum atomic E-state index is 12.0. The molecule has 0 aliphatic carbocycles. The lowest BCUT2D eigenvalue weighted by Crippen LogP contribution is -2.39. The van der Waals surface area contributed by atoms with Gasteiger partial charge >= 0.3 is 11.7 Å². The number of aliphatic hydroxyl groups excluding tert-OH is 2. The van der Waals surface area contributed by atoms with E-state index in [2.05, 4.69) is 9.72 Å². The molecule has 3 N–H and O–H groups in total. The number of unbranched alkanes of at least 4 members (excludes halogenated alkanes) is 12. The Hall–Kier alpha value is -2.01. The summed E-state index contributed by atoms with van der Waals surface area (Å²) in [5, 5.41) is 20.2. The molecule has 10 nitrogen and oxygen atoms in total. The Bertz CT molecular complexity index is 855. The number of esters is 1. The third-order valence-corrected chi connectivity index (χ3v) is 6.68. The van der Waals surface area contributed by atoms with Crippen molar-refractivity contribution in [3.05, 3.63) is 33.1 Å². The summed E-state index contributed by atoms with van der Waals surface area (Å²) in [5.41, 5.74) is -1.22. The van der Waals surface area contributed by atoms with Crippen molar-refractivity contribution in [2.24, 2.45) is 0 Å². The van der Waals surface area contributed by atoms with Gasteiger partial charge in [0.05, 0.1) is 13.7 Å². The SMILES string of the molecule is COC(=O)CCCCCCCCCCCCCCCOC1C(CO)OC(n2ccc(=O)[nH]c2=O)C1O. The van der Waals surface area contributed by atoms with Crippen LogP contribution in [-0.2, 0) is 19.0 Å². The number of aliphatic hydroxyl groups is 2. The molecule has 2 heterocycles. The second-order valence-corrected chi connectivity index (χ2v) is 9.51. The molecule has 206 valence electrons. The highest BCUT2D eigenvalue weighted by Crippen LogP contribution is 2.30. The van der Waals surface area contributed by atoms with E-state index < -0.39 is 35.8 Å². The van der Waals surface area contributed by atoms with Crippen LogP contribution in [0.1, 0.15) is 96.1 Å². The van der Waals surface area contributed by atoms with Crippen LogP contribution < -0.4 is 11.2 Å². The average molecular weight is 513 g/mol. The van der Waals surface area contributed by atoms with Gasteiger partial charge in [-0.2, -0.15) is 0 Å². The second kappa shape index (κ2) is 17.4. The van der Waals surface area contributed by atoms with Crippen molar-refractivity contribution < 1.29 is 29.2 Å². The molecule has 1 aliphatic heterocycles. The van der Waals surface area contributed by atoms with Gasteiger partial charge in [-0.15, -0.1) is 0 Å².